The highest BCUT2D eigenvalue weighted by atomic mass is 32.1. The second-order valence-corrected chi connectivity index (χ2v) is 6.51. The molecule has 1 aliphatic rings. The number of thiophene rings is 1. The van der Waals surface area contributed by atoms with E-state index in [1.54, 1.807) is 11.3 Å². The van der Waals surface area contributed by atoms with Crippen molar-refractivity contribution in [3.8, 4) is 6.07 Å². The van der Waals surface area contributed by atoms with Crippen molar-refractivity contribution in [1.82, 2.24) is 0 Å². The summed E-state index contributed by atoms with van der Waals surface area (Å²) in [5.74, 6) is 0.519. The predicted octanol–water partition coefficient (Wildman–Crippen LogP) is 5.47. The summed E-state index contributed by atoms with van der Waals surface area (Å²) in [6.45, 7) is 6.66. The van der Waals surface area contributed by atoms with Crippen LogP contribution in [0.4, 0.5) is 15.8 Å². The van der Waals surface area contributed by atoms with Gasteiger partial charge < -0.3 is 9.80 Å². The van der Waals surface area contributed by atoms with Crippen LogP contribution in [-0.4, -0.2) is 13.3 Å². The average molecular weight is 343 g/mol. The van der Waals surface area contributed by atoms with Crippen molar-refractivity contribution in [3.05, 3.63) is 58.6 Å². The number of alkyl halides is 1. The van der Waals surface area contributed by atoms with Crippen LogP contribution in [0.15, 0.2) is 47.4 Å². The lowest BCUT2D eigenvalue weighted by atomic mass is 10.1. The molecule has 0 bridgehead atoms. The van der Waals surface area contributed by atoms with Gasteiger partial charge in [0, 0.05) is 23.5 Å². The zero-order valence-corrected chi connectivity index (χ0v) is 15.2. The Morgan fingerprint density at radius 2 is 1.71 bits per heavy atom. The molecule has 0 saturated heterocycles. The number of halogens is 1. The van der Waals surface area contributed by atoms with Crippen molar-refractivity contribution >= 4 is 22.7 Å². The van der Waals surface area contributed by atoms with E-state index >= 15 is 0 Å². The van der Waals surface area contributed by atoms with Gasteiger partial charge >= 0.3 is 0 Å². The summed E-state index contributed by atoms with van der Waals surface area (Å²) in [5, 5.41) is 13.4. The molecule has 1 aliphatic heterocycles. The summed E-state index contributed by atoms with van der Waals surface area (Å²) in [6, 6.07) is 9.89. The minimum Gasteiger partial charge on any atom is -0.326 e. The fraction of sp³-hybridized carbons (Fsp3) is 0.316. The van der Waals surface area contributed by atoms with Gasteiger partial charge in [-0.1, -0.05) is 13.8 Å². The van der Waals surface area contributed by atoms with Crippen LogP contribution in [0.1, 0.15) is 37.8 Å². The number of benzene rings is 1. The first-order valence-corrected chi connectivity index (χ1v) is 8.75. The molecule has 0 N–H and O–H groups in total. The van der Waals surface area contributed by atoms with E-state index in [1.165, 1.54) is 11.3 Å². The fourth-order valence-electron chi connectivity index (χ4n) is 2.76. The van der Waals surface area contributed by atoms with Gasteiger partial charge in [-0.3, -0.25) is 4.39 Å². The molecule has 0 spiro atoms. The topological polar surface area (TPSA) is 30.3 Å². The molecule has 5 heteroatoms. The fourth-order valence-corrected chi connectivity index (χ4v) is 3.75. The maximum atomic E-state index is 9.50. The molecule has 0 fully saturated rings. The molecular formula is C19H22FN3S. The number of rotatable bonds is 3. The summed E-state index contributed by atoms with van der Waals surface area (Å²) in [6.07, 6.45) is 4.46. The number of nitriles is 1. The Hall–Kier alpha value is -2.32. The van der Waals surface area contributed by atoms with Crippen LogP contribution in [0.25, 0.3) is 0 Å². The average Bonchev–Trinajstić information content (AvgIpc) is 3.23. The first kappa shape index (κ1) is 18.0. The maximum absolute atomic E-state index is 9.50. The van der Waals surface area contributed by atoms with E-state index in [-0.39, 0.29) is 6.17 Å². The molecular weight excluding hydrogens is 321 g/mol. The number of hydrogen-bond donors (Lipinski definition) is 0. The van der Waals surface area contributed by atoms with E-state index in [9.17, 15) is 4.39 Å². The van der Waals surface area contributed by atoms with Crippen molar-refractivity contribution in [2.24, 2.45) is 0 Å². The molecule has 0 radical (unpaired) electrons. The quantitative estimate of drug-likeness (QED) is 0.740. The van der Waals surface area contributed by atoms with Crippen molar-refractivity contribution < 1.29 is 4.39 Å². The molecule has 3 rings (SSSR count). The summed E-state index contributed by atoms with van der Waals surface area (Å²) in [7, 11) is 0.500. The Morgan fingerprint density at radius 1 is 1.08 bits per heavy atom. The second-order valence-electron chi connectivity index (χ2n) is 5.77. The Bertz CT molecular complexity index is 728. The predicted molar refractivity (Wildman–Crippen MR) is 100 cm³/mol. The zero-order valence-electron chi connectivity index (χ0n) is 14.4. The second kappa shape index (κ2) is 7.98. The Kier molecular flexibility index (Phi) is 5.99. The SMILES string of the molecule is CC(C)c1cscc1N1C=CN(c2ccc(C#N)cc2)C1C.CF. The molecule has 0 saturated carbocycles. The van der Waals surface area contributed by atoms with Crippen LogP contribution in [0.3, 0.4) is 0 Å². The van der Waals surface area contributed by atoms with Crippen molar-refractivity contribution in [1.29, 1.82) is 5.26 Å². The van der Waals surface area contributed by atoms with Crippen LogP contribution in [0.5, 0.6) is 0 Å². The third-order valence-electron chi connectivity index (χ3n) is 4.06. The molecule has 2 heterocycles. The molecule has 1 aromatic heterocycles. The van der Waals surface area contributed by atoms with E-state index < -0.39 is 0 Å². The highest BCUT2D eigenvalue weighted by Crippen LogP contribution is 2.36. The van der Waals surface area contributed by atoms with Gasteiger partial charge in [-0.15, -0.1) is 11.3 Å². The van der Waals surface area contributed by atoms with E-state index in [1.807, 2.05) is 24.3 Å². The lowest BCUT2D eigenvalue weighted by Gasteiger charge is -2.30. The minimum absolute atomic E-state index is 0.222. The molecule has 126 valence electrons. The van der Waals surface area contributed by atoms with Crippen molar-refractivity contribution in [2.75, 3.05) is 17.0 Å². The summed E-state index contributed by atoms with van der Waals surface area (Å²) in [5.41, 5.74) is 4.48. The van der Waals surface area contributed by atoms with Crippen molar-refractivity contribution in [2.45, 2.75) is 32.9 Å². The Balaban J connectivity index is 0.00000100. The third kappa shape index (κ3) is 3.44. The molecule has 0 aliphatic carbocycles. The summed E-state index contributed by atoms with van der Waals surface area (Å²) < 4.78 is 9.50. The van der Waals surface area contributed by atoms with E-state index in [0.29, 0.717) is 18.7 Å². The Labute approximate surface area is 147 Å². The molecule has 24 heavy (non-hydrogen) atoms. The van der Waals surface area contributed by atoms with Gasteiger partial charge in [0.15, 0.2) is 0 Å². The smallest absolute Gasteiger partial charge is 0.107 e. The van der Waals surface area contributed by atoms with Gasteiger partial charge in [0.25, 0.3) is 0 Å². The lowest BCUT2D eigenvalue weighted by molar-refractivity contribution is 0.636. The normalized spacial score (nSPS) is 16.1. The van der Waals surface area contributed by atoms with Crippen LogP contribution >= 0.6 is 11.3 Å². The van der Waals surface area contributed by atoms with E-state index in [2.05, 4.69) is 59.8 Å². The molecule has 3 nitrogen and oxygen atoms in total. The van der Waals surface area contributed by atoms with Crippen LogP contribution in [-0.2, 0) is 0 Å². The van der Waals surface area contributed by atoms with Gasteiger partial charge in [0.05, 0.1) is 24.5 Å². The first-order valence-electron chi connectivity index (χ1n) is 7.81. The number of hydrogen-bond acceptors (Lipinski definition) is 4. The van der Waals surface area contributed by atoms with Crippen LogP contribution in [0, 0.1) is 11.3 Å². The van der Waals surface area contributed by atoms with Gasteiger partial charge in [-0.2, -0.15) is 5.26 Å². The zero-order chi connectivity index (χ0) is 17.7. The van der Waals surface area contributed by atoms with Gasteiger partial charge in [-0.25, -0.2) is 0 Å². The highest BCUT2D eigenvalue weighted by molar-refractivity contribution is 7.08. The lowest BCUT2D eigenvalue weighted by Crippen LogP contribution is -2.36. The maximum Gasteiger partial charge on any atom is 0.107 e. The highest BCUT2D eigenvalue weighted by Gasteiger charge is 2.26. The van der Waals surface area contributed by atoms with Gasteiger partial charge in [-0.05, 0) is 48.1 Å². The molecule has 1 unspecified atom stereocenters. The molecule has 1 aromatic carbocycles. The monoisotopic (exact) mass is 343 g/mol. The van der Waals surface area contributed by atoms with Crippen LogP contribution < -0.4 is 9.80 Å². The first-order chi connectivity index (χ1) is 11.6. The van der Waals surface area contributed by atoms with Gasteiger partial charge in [0.1, 0.15) is 6.17 Å². The van der Waals surface area contributed by atoms with E-state index in [0.717, 1.165) is 5.69 Å². The van der Waals surface area contributed by atoms with Crippen LogP contribution in [0.2, 0.25) is 0 Å². The Morgan fingerprint density at radius 3 is 2.29 bits per heavy atom. The molecule has 0 amide bonds. The standard InChI is InChI=1S/C18H19N3S.CH3F/c1-13(2)17-11-22-12-18(17)21-9-8-20(14(21)3)16-6-4-15(10-19)5-7-16;1-2/h4-9,11-14H,1-3H3;1H3. The molecule has 1 atom stereocenters. The van der Waals surface area contributed by atoms with E-state index in [4.69, 9.17) is 5.26 Å². The molecule has 2 aromatic rings. The van der Waals surface area contributed by atoms with Crippen molar-refractivity contribution in [3.63, 3.8) is 0 Å². The summed E-state index contributed by atoms with van der Waals surface area (Å²) in [4.78, 5) is 4.53. The summed E-state index contributed by atoms with van der Waals surface area (Å²) >= 11 is 1.76. The minimum atomic E-state index is 0.222. The largest absolute Gasteiger partial charge is 0.326 e. The third-order valence-corrected chi connectivity index (χ3v) is 4.81. The van der Waals surface area contributed by atoms with Gasteiger partial charge in [0.2, 0.25) is 0 Å². The number of nitrogens with zero attached hydrogens (tertiary/aromatic N) is 3. The number of anilines is 2.